The number of aliphatic hydroxyl groups excluding tert-OH is 1. The molecule has 116 valence electrons. The second-order valence-electron chi connectivity index (χ2n) is 6.76. The molecule has 1 N–H and O–H groups in total. The molecule has 20 heavy (non-hydrogen) atoms. The third-order valence-corrected chi connectivity index (χ3v) is 7.43. The minimum absolute atomic E-state index is 0.0848. The Balaban J connectivity index is 1.52. The average Bonchev–Trinajstić information content (AvgIpc) is 2.49. The quantitative estimate of drug-likeness (QED) is 0.862. The number of hydrogen-bond donors (Lipinski definition) is 1. The first-order valence-corrected chi connectivity index (χ1v) is 10.6. The van der Waals surface area contributed by atoms with Crippen molar-refractivity contribution in [2.24, 2.45) is 11.8 Å². The molecule has 2 nitrogen and oxygen atoms in total. The molecule has 3 aliphatic rings. The van der Waals surface area contributed by atoms with E-state index in [1.54, 1.807) is 0 Å². The fourth-order valence-corrected chi connectivity index (χ4v) is 6.44. The first-order chi connectivity index (χ1) is 9.77. The van der Waals surface area contributed by atoms with Crippen LogP contribution >= 0.6 is 23.5 Å². The van der Waals surface area contributed by atoms with Crippen LogP contribution in [0.1, 0.15) is 44.9 Å². The lowest BCUT2D eigenvalue weighted by Crippen LogP contribution is -2.45. The van der Waals surface area contributed by atoms with E-state index in [9.17, 15) is 5.11 Å². The van der Waals surface area contributed by atoms with Crippen LogP contribution in [0, 0.1) is 11.8 Å². The van der Waals surface area contributed by atoms with Gasteiger partial charge in [0, 0.05) is 6.61 Å². The van der Waals surface area contributed by atoms with Crippen LogP contribution in [0.4, 0.5) is 0 Å². The van der Waals surface area contributed by atoms with Crippen LogP contribution in [0.15, 0.2) is 0 Å². The standard InChI is InChI=1S/C16H28O2S2/c17-15(11-13-2-7-19-8-3-13)14-1-6-18-16(12-14)4-9-20-10-5-16/h13-15,17H,1-12H2. The van der Waals surface area contributed by atoms with E-state index in [-0.39, 0.29) is 11.7 Å². The third-order valence-electron chi connectivity index (χ3n) is 5.39. The molecule has 0 amide bonds. The molecule has 0 radical (unpaired) electrons. The van der Waals surface area contributed by atoms with E-state index in [1.807, 2.05) is 0 Å². The van der Waals surface area contributed by atoms with Crippen LogP contribution in [-0.2, 0) is 4.74 Å². The van der Waals surface area contributed by atoms with Crippen molar-refractivity contribution in [1.29, 1.82) is 0 Å². The smallest absolute Gasteiger partial charge is 0.0701 e. The van der Waals surface area contributed by atoms with Crippen molar-refractivity contribution in [3.8, 4) is 0 Å². The van der Waals surface area contributed by atoms with Crippen LogP contribution in [0.3, 0.4) is 0 Å². The molecule has 0 aromatic rings. The lowest BCUT2D eigenvalue weighted by molar-refractivity contribution is -0.122. The van der Waals surface area contributed by atoms with Gasteiger partial charge in [-0.1, -0.05) is 0 Å². The Hall–Kier alpha value is 0.620. The van der Waals surface area contributed by atoms with Gasteiger partial charge in [0.1, 0.15) is 0 Å². The van der Waals surface area contributed by atoms with Gasteiger partial charge in [-0.2, -0.15) is 23.5 Å². The Morgan fingerprint density at radius 2 is 1.75 bits per heavy atom. The summed E-state index contributed by atoms with van der Waals surface area (Å²) in [5, 5.41) is 10.7. The van der Waals surface area contributed by atoms with Crippen LogP contribution in [0.2, 0.25) is 0 Å². The average molecular weight is 317 g/mol. The van der Waals surface area contributed by atoms with Crippen molar-refractivity contribution >= 4 is 23.5 Å². The summed E-state index contributed by atoms with van der Waals surface area (Å²) in [7, 11) is 0. The van der Waals surface area contributed by atoms with Gasteiger partial charge in [0.2, 0.25) is 0 Å². The lowest BCUT2D eigenvalue weighted by Gasteiger charge is -2.45. The van der Waals surface area contributed by atoms with Gasteiger partial charge in [0.25, 0.3) is 0 Å². The van der Waals surface area contributed by atoms with Gasteiger partial charge in [0.15, 0.2) is 0 Å². The van der Waals surface area contributed by atoms with Crippen molar-refractivity contribution in [2.75, 3.05) is 29.6 Å². The zero-order chi connectivity index (χ0) is 13.8. The largest absolute Gasteiger partial charge is 0.393 e. The highest BCUT2D eigenvalue weighted by Crippen LogP contribution is 2.42. The number of ether oxygens (including phenoxy) is 1. The van der Waals surface area contributed by atoms with E-state index in [2.05, 4.69) is 23.5 Å². The van der Waals surface area contributed by atoms with Gasteiger partial charge in [-0.15, -0.1) is 0 Å². The summed E-state index contributed by atoms with van der Waals surface area (Å²) >= 11 is 4.13. The predicted molar refractivity (Wildman–Crippen MR) is 88.6 cm³/mol. The van der Waals surface area contributed by atoms with Gasteiger partial charge >= 0.3 is 0 Å². The molecule has 3 aliphatic heterocycles. The van der Waals surface area contributed by atoms with E-state index in [0.29, 0.717) is 5.92 Å². The summed E-state index contributed by atoms with van der Waals surface area (Å²) in [6, 6.07) is 0. The molecule has 2 unspecified atom stereocenters. The Bertz CT molecular complexity index is 293. The van der Waals surface area contributed by atoms with Gasteiger partial charge in [0.05, 0.1) is 11.7 Å². The number of rotatable bonds is 3. The van der Waals surface area contributed by atoms with Crippen LogP contribution in [0.25, 0.3) is 0 Å². The number of hydrogen-bond acceptors (Lipinski definition) is 4. The molecule has 0 aliphatic carbocycles. The number of thioether (sulfide) groups is 2. The molecule has 0 bridgehead atoms. The van der Waals surface area contributed by atoms with Crippen molar-refractivity contribution in [3.63, 3.8) is 0 Å². The maximum absolute atomic E-state index is 10.7. The second kappa shape index (κ2) is 7.26. The summed E-state index contributed by atoms with van der Waals surface area (Å²) in [4.78, 5) is 0. The topological polar surface area (TPSA) is 29.5 Å². The first-order valence-electron chi connectivity index (χ1n) is 8.25. The van der Waals surface area contributed by atoms with Crippen molar-refractivity contribution < 1.29 is 9.84 Å². The lowest BCUT2D eigenvalue weighted by atomic mass is 9.77. The summed E-state index contributed by atoms with van der Waals surface area (Å²) in [5.41, 5.74) is 0.123. The molecule has 0 aromatic carbocycles. The molecule has 3 rings (SSSR count). The summed E-state index contributed by atoms with van der Waals surface area (Å²) in [6.07, 6.45) is 8.14. The molecule has 4 heteroatoms. The predicted octanol–water partition coefficient (Wildman–Crippen LogP) is 3.57. The van der Waals surface area contributed by atoms with Crippen LogP contribution in [-0.4, -0.2) is 46.4 Å². The molecule has 0 saturated carbocycles. The van der Waals surface area contributed by atoms with Gasteiger partial charge in [-0.25, -0.2) is 0 Å². The molecule has 3 heterocycles. The van der Waals surface area contributed by atoms with E-state index in [4.69, 9.17) is 4.74 Å². The van der Waals surface area contributed by atoms with E-state index in [0.717, 1.165) is 31.8 Å². The summed E-state index contributed by atoms with van der Waals surface area (Å²) in [5.74, 6) is 6.33. The third kappa shape index (κ3) is 3.88. The van der Waals surface area contributed by atoms with E-state index in [1.165, 1.54) is 48.7 Å². The van der Waals surface area contributed by atoms with E-state index < -0.39 is 0 Å². The van der Waals surface area contributed by atoms with Crippen LogP contribution < -0.4 is 0 Å². The molecule has 3 saturated heterocycles. The maximum Gasteiger partial charge on any atom is 0.0701 e. The fraction of sp³-hybridized carbons (Fsp3) is 1.00. The molecule has 0 aromatic heterocycles. The van der Waals surface area contributed by atoms with Crippen molar-refractivity contribution in [3.05, 3.63) is 0 Å². The highest BCUT2D eigenvalue weighted by Gasteiger charge is 2.41. The molecular weight excluding hydrogens is 288 g/mol. The van der Waals surface area contributed by atoms with Gasteiger partial charge in [-0.3, -0.25) is 0 Å². The molecular formula is C16H28O2S2. The Labute approximate surface area is 131 Å². The molecule has 1 spiro atoms. The Morgan fingerprint density at radius 1 is 1.05 bits per heavy atom. The van der Waals surface area contributed by atoms with Crippen molar-refractivity contribution in [2.45, 2.75) is 56.7 Å². The normalized spacial score (nSPS) is 33.1. The zero-order valence-electron chi connectivity index (χ0n) is 12.4. The van der Waals surface area contributed by atoms with Crippen molar-refractivity contribution in [1.82, 2.24) is 0 Å². The Morgan fingerprint density at radius 3 is 2.50 bits per heavy atom. The highest BCUT2D eigenvalue weighted by molar-refractivity contribution is 7.99. The molecule has 3 fully saturated rings. The minimum Gasteiger partial charge on any atom is -0.393 e. The SMILES string of the molecule is OC(CC1CCSCC1)C1CCOC2(CCSCC2)C1. The maximum atomic E-state index is 10.7. The van der Waals surface area contributed by atoms with Gasteiger partial charge < -0.3 is 9.84 Å². The Kier molecular flexibility index (Phi) is 5.63. The zero-order valence-corrected chi connectivity index (χ0v) is 14.0. The highest BCUT2D eigenvalue weighted by atomic mass is 32.2. The second-order valence-corrected chi connectivity index (χ2v) is 9.21. The molecule has 2 atom stereocenters. The van der Waals surface area contributed by atoms with Gasteiger partial charge in [-0.05, 0) is 79.8 Å². The summed E-state index contributed by atoms with van der Waals surface area (Å²) in [6.45, 7) is 0.868. The summed E-state index contributed by atoms with van der Waals surface area (Å²) < 4.78 is 6.15. The number of aliphatic hydroxyl groups is 1. The fourth-order valence-electron chi connectivity index (χ4n) is 4.00. The van der Waals surface area contributed by atoms with Crippen LogP contribution in [0.5, 0.6) is 0 Å². The monoisotopic (exact) mass is 316 g/mol. The first kappa shape index (κ1) is 15.5. The minimum atomic E-state index is -0.0848. The van der Waals surface area contributed by atoms with E-state index >= 15 is 0 Å².